The van der Waals surface area contributed by atoms with Crippen LogP contribution in [0.2, 0.25) is 0 Å². The summed E-state index contributed by atoms with van der Waals surface area (Å²) in [6, 6.07) is 8.25. The molecule has 3 aromatic rings. The molecule has 2 heterocycles. The topological polar surface area (TPSA) is 43.3 Å². The number of fused-ring (bicyclic) bond motifs is 1. The Kier molecular flexibility index (Phi) is 3.93. The average Bonchev–Trinajstić information content (AvgIpc) is 2.93. The van der Waals surface area contributed by atoms with Crippen molar-refractivity contribution in [3.63, 3.8) is 0 Å². The summed E-state index contributed by atoms with van der Waals surface area (Å²) in [5.74, 6) is 0. The first-order valence-corrected chi connectivity index (χ1v) is 8.35. The molecule has 2 N–H and O–H groups in total. The Morgan fingerprint density at radius 2 is 2.32 bits per heavy atom. The number of halogens is 1. The number of nitrogens with two attached hydrogens (primary N) is 1. The third kappa shape index (κ3) is 2.72. The molecule has 6 heteroatoms. The van der Waals surface area contributed by atoms with Gasteiger partial charge in [0.05, 0.1) is 5.69 Å². The highest BCUT2D eigenvalue weighted by molar-refractivity contribution is 9.10. The van der Waals surface area contributed by atoms with Crippen molar-refractivity contribution in [3.8, 4) is 0 Å². The molecule has 2 aromatic heterocycles. The number of benzene rings is 1. The molecule has 0 saturated carbocycles. The van der Waals surface area contributed by atoms with Gasteiger partial charge >= 0.3 is 0 Å². The number of hydrogen-bond acceptors (Lipinski definition) is 4. The summed E-state index contributed by atoms with van der Waals surface area (Å²) in [6.07, 6.45) is 2.90. The first kappa shape index (κ1) is 13.2. The fourth-order valence-electron chi connectivity index (χ4n) is 1.90. The van der Waals surface area contributed by atoms with Gasteiger partial charge in [0.1, 0.15) is 5.03 Å². The second-order valence-corrected chi connectivity index (χ2v) is 6.87. The highest BCUT2D eigenvalue weighted by Crippen LogP contribution is 2.33. The van der Waals surface area contributed by atoms with Crippen molar-refractivity contribution in [1.29, 1.82) is 0 Å². The molecule has 0 amide bonds. The molecule has 0 bridgehead atoms. The SMILES string of the molecule is NCCc1c(Sc2cccc(Br)c2)nc2sccn12. The van der Waals surface area contributed by atoms with Gasteiger partial charge in [-0.15, -0.1) is 11.3 Å². The molecule has 0 spiro atoms. The van der Waals surface area contributed by atoms with Crippen LogP contribution in [0.1, 0.15) is 5.69 Å². The van der Waals surface area contributed by atoms with Crippen molar-refractivity contribution >= 4 is 44.0 Å². The second-order valence-electron chi connectivity index (χ2n) is 4.02. The molecule has 0 fully saturated rings. The molecule has 0 aliphatic heterocycles. The Bertz CT molecular complexity index is 705. The lowest BCUT2D eigenvalue weighted by molar-refractivity contribution is 0.879. The monoisotopic (exact) mass is 353 g/mol. The number of imidazole rings is 1. The van der Waals surface area contributed by atoms with Crippen molar-refractivity contribution in [2.45, 2.75) is 16.3 Å². The molecule has 0 saturated heterocycles. The molecule has 1 aromatic carbocycles. The van der Waals surface area contributed by atoms with E-state index in [1.807, 2.05) is 12.1 Å². The third-order valence-corrected chi connectivity index (χ3v) is 4.98. The van der Waals surface area contributed by atoms with E-state index in [2.05, 4.69) is 49.0 Å². The van der Waals surface area contributed by atoms with Crippen molar-refractivity contribution in [3.05, 3.63) is 46.0 Å². The van der Waals surface area contributed by atoms with Crippen LogP contribution in [0.4, 0.5) is 0 Å². The maximum absolute atomic E-state index is 5.71. The average molecular weight is 354 g/mol. The minimum Gasteiger partial charge on any atom is -0.330 e. The maximum Gasteiger partial charge on any atom is 0.194 e. The molecule has 0 atom stereocenters. The van der Waals surface area contributed by atoms with E-state index in [4.69, 9.17) is 5.73 Å². The highest BCUT2D eigenvalue weighted by Gasteiger charge is 2.13. The van der Waals surface area contributed by atoms with E-state index in [1.165, 1.54) is 10.6 Å². The summed E-state index contributed by atoms with van der Waals surface area (Å²) >= 11 is 6.83. The maximum atomic E-state index is 5.71. The Labute approximate surface area is 128 Å². The smallest absolute Gasteiger partial charge is 0.194 e. The number of aromatic nitrogens is 2. The lowest BCUT2D eigenvalue weighted by Gasteiger charge is -2.03. The van der Waals surface area contributed by atoms with E-state index in [1.54, 1.807) is 23.1 Å². The van der Waals surface area contributed by atoms with Crippen LogP contribution in [-0.4, -0.2) is 15.9 Å². The number of nitrogens with zero attached hydrogens (tertiary/aromatic N) is 2. The molecule has 98 valence electrons. The van der Waals surface area contributed by atoms with Crippen LogP contribution in [0.25, 0.3) is 4.96 Å². The van der Waals surface area contributed by atoms with Gasteiger partial charge in [0, 0.05) is 27.4 Å². The minimum absolute atomic E-state index is 0.635. The lowest BCUT2D eigenvalue weighted by atomic mass is 10.3. The molecule has 0 aliphatic rings. The molecular weight excluding hydrogens is 342 g/mol. The van der Waals surface area contributed by atoms with Crippen LogP contribution < -0.4 is 5.73 Å². The van der Waals surface area contributed by atoms with Gasteiger partial charge in [-0.1, -0.05) is 33.8 Å². The fraction of sp³-hybridized carbons (Fsp3) is 0.154. The van der Waals surface area contributed by atoms with Gasteiger partial charge in [-0.25, -0.2) is 4.98 Å². The van der Waals surface area contributed by atoms with E-state index in [9.17, 15) is 0 Å². The van der Waals surface area contributed by atoms with Crippen molar-refractivity contribution in [2.24, 2.45) is 5.73 Å². The van der Waals surface area contributed by atoms with Gasteiger partial charge in [-0.05, 0) is 24.7 Å². The van der Waals surface area contributed by atoms with Crippen molar-refractivity contribution < 1.29 is 0 Å². The van der Waals surface area contributed by atoms with E-state index < -0.39 is 0 Å². The summed E-state index contributed by atoms with van der Waals surface area (Å²) in [5.41, 5.74) is 6.91. The summed E-state index contributed by atoms with van der Waals surface area (Å²) in [7, 11) is 0. The molecular formula is C13H12BrN3S2. The predicted octanol–water partition coefficient (Wildman–Crippen LogP) is 3.81. The highest BCUT2D eigenvalue weighted by atomic mass is 79.9. The molecule has 0 unspecified atom stereocenters. The van der Waals surface area contributed by atoms with E-state index in [0.717, 1.165) is 20.9 Å². The Balaban J connectivity index is 1.99. The molecule has 0 radical (unpaired) electrons. The first-order chi connectivity index (χ1) is 9.28. The quantitative estimate of drug-likeness (QED) is 0.775. The van der Waals surface area contributed by atoms with E-state index in [-0.39, 0.29) is 0 Å². The summed E-state index contributed by atoms with van der Waals surface area (Å²) < 4.78 is 3.22. The van der Waals surface area contributed by atoms with Gasteiger partial charge in [0.15, 0.2) is 4.96 Å². The fourth-order valence-corrected chi connectivity index (χ4v) is 4.25. The van der Waals surface area contributed by atoms with Crippen molar-refractivity contribution in [2.75, 3.05) is 6.54 Å². The van der Waals surface area contributed by atoms with Crippen LogP contribution in [0.3, 0.4) is 0 Å². The van der Waals surface area contributed by atoms with Gasteiger partial charge in [-0.3, -0.25) is 4.40 Å². The molecule has 3 rings (SSSR count). The predicted molar refractivity (Wildman–Crippen MR) is 84.1 cm³/mol. The zero-order valence-corrected chi connectivity index (χ0v) is 13.3. The molecule has 3 nitrogen and oxygen atoms in total. The van der Waals surface area contributed by atoms with Crippen LogP contribution in [0.15, 0.2) is 50.2 Å². The van der Waals surface area contributed by atoms with Gasteiger partial charge in [0.25, 0.3) is 0 Å². The standard InChI is InChI=1S/C13H12BrN3S2/c14-9-2-1-3-10(8-9)19-12-11(4-5-15)17-6-7-18-13(17)16-12/h1-3,6-8H,4-5,15H2. The summed E-state index contributed by atoms with van der Waals surface area (Å²) in [5, 5.41) is 3.10. The Morgan fingerprint density at radius 3 is 3.11 bits per heavy atom. The molecule has 19 heavy (non-hydrogen) atoms. The lowest BCUT2D eigenvalue weighted by Crippen LogP contribution is -2.05. The second kappa shape index (κ2) is 5.66. The normalized spacial score (nSPS) is 11.3. The third-order valence-electron chi connectivity index (χ3n) is 2.72. The van der Waals surface area contributed by atoms with E-state index >= 15 is 0 Å². The Morgan fingerprint density at radius 1 is 1.42 bits per heavy atom. The summed E-state index contributed by atoms with van der Waals surface area (Å²) in [6.45, 7) is 0.635. The van der Waals surface area contributed by atoms with Crippen LogP contribution in [0, 0.1) is 0 Å². The van der Waals surface area contributed by atoms with E-state index in [0.29, 0.717) is 6.54 Å². The van der Waals surface area contributed by atoms with Crippen LogP contribution in [-0.2, 0) is 6.42 Å². The van der Waals surface area contributed by atoms with Crippen LogP contribution in [0.5, 0.6) is 0 Å². The van der Waals surface area contributed by atoms with Crippen LogP contribution >= 0.6 is 39.0 Å². The largest absolute Gasteiger partial charge is 0.330 e. The zero-order valence-electron chi connectivity index (χ0n) is 10.0. The molecule has 0 aliphatic carbocycles. The van der Waals surface area contributed by atoms with Gasteiger partial charge in [0.2, 0.25) is 0 Å². The Hall–Kier alpha value is -0.820. The van der Waals surface area contributed by atoms with Gasteiger partial charge < -0.3 is 5.73 Å². The first-order valence-electron chi connectivity index (χ1n) is 5.86. The van der Waals surface area contributed by atoms with Crippen molar-refractivity contribution in [1.82, 2.24) is 9.38 Å². The zero-order chi connectivity index (χ0) is 13.2. The number of rotatable bonds is 4. The van der Waals surface area contributed by atoms with Gasteiger partial charge in [-0.2, -0.15) is 0 Å². The minimum atomic E-state index is 0.635. The summed E-state index contributed by atoms with van der Waals surface area (Å²) in [4.78, 5) is 6.90. The number of hydrogen-bond donors (Lipinski definition) is 1. The number of thiazole rings is 1.